The number of nitrogens with zero attached hydrogens (tertiary/aromatic N) is 1. The first-order valence-corrected chi connectivity index (χ1v) is 7.51. The highest BCUT2D eigenvalue weighted by Crippen LogP contribution is 2.69. The van der Waals surface area contributed by atoms with Gasteiger partial charge in [-0.2, -0.15) is 5.26 Å². The number of fused-ring (bicyclic) bond motifs is 5. The normalized spacial score (nSPS) is 36.3. The van der Waals surface area contributed by atoms with Crippen LogP contribution in [0.25, 0.3) is 0 Å². The van der Waals surface area contributed by atoms with Gasteiger partial charge in [0.15, 0.2) is 0 Å². The Bertz CT molecular complexity index is 614. The van der Waals surface area contributed by atoms with Crippen molar-refractivity contribution in [1.29, 1.82) is 5.26 Å². The molecule has 1 amide bonds. The van der Waals surface area contributed by atoms with Gasteiger partial charge in [-0.15, -0.1) is 0 Å². The molecule has 4 atom stereocenters. The second-order valence-electron chi connectivity index (χ2n) is 6.61. The zero-order valence-electron chi connectivity index (χ0n) is 11.6. The van der Waals surface area contributed by atoms with Crippen LogP contribution in [-0.2, 0) is 4.79 Å². The molecule has 0 aromatic heterocycles. The Hall–Kier alpha value is -1.82. The molecule has 0 aliphatic heterocycles. The van der Waals surface area contributed by atoms with Gasteiger partial charge in [0, 0.05) is 5.92 Å². The van der Waals surface area contributed by atoms with E-state index in [1.54, 1.807) is 0 Å². The summed E-state index contributed by atoms with van der Waals surface area (Å²) in [7, 11) is 0. The number of carbonyl (C=O) groups excluding carboxylic acids is 1. The molecule has 102 valence electrons. The summed E-state index contributed by atoms with van der Waals surface area (Å²) in [5.74, 6) is 3.24. The zero-order chi connectivity index (χ0) is 13.9. The van der Waals surface area contributed by atoms with E-state index in [2.05, 4.69) is 11.4 Å². The third-order valence-electron chi connectivity index (χ3n) is 5.68. The summed E-state index contributed by atoms with van der Waals surface area (Å²) in [5.41, 5.74) is 2.19. The first-order valence-electron chi connectivity index (χ1n) is 7.51. The van der Waals surface area contributed by atoms with Crippen molar-refractivity contribution in [3.63, 3.8) is 0 Å². The van der Waals surface area contributed by atoms with E-state index in [0.29, 0.717) is 23.1 Å². The lowest BCUT2D eigenvalue weighted by Gasteiger charge is -2.11. The molecule has 2 bridgehead atoms. The first-order chi connectivity index (χ1) is 9.70. The molecule has 3 saturated carbocycles. The molecule has 1 aromatic carbocycles. The average Bonchev–Trinajstić information content (AvgIpc) is 2.88. The van der Waals surface area contributed by atoms with Crippen LogP contribution >= 0.6 is 0 Å². The summed E-state index contributed by atoms with van der Waals surface area (Å²) < 4.78 is 0. The van der Waals surface area contributed by atoms with Crippen LogP contribution in [0.4, 0.5) is 5.69 Å². The Morgan fingerprint density at radius 3 is 2.65 bits per heavy atom. The van der Waals surface area contributed by atoms with Gasteiger partial charge in [0.25, 0.3) is 0 Å². The summed E-state index contributed by atoms with van der Waals surface area (Å²) in [4.78, 5) is 12.5. The first kappa shape index (κ1) is 12.0. The van der Waals surface area contributed by atoms with Crippen molar-refractivity contribution >= 4 is 11.6 Å². The Labute approximate surface area is 119 Å². The largest absolute Gasteiger partial charge is 0.325 e. The molecule has 20 heavy (non-hydrogen) atoms. The predicted octanol–water partition coefficient (Wildman–Crippen LogP) is 3.10. The standard InChI is InChI=1S/C17H18N2O/c1-9-3-2-4-13(12(9)8-18)19-17(20)16-14-10-5-6-11(7-10)15(14)16/h2-4,10-11,14-16H,5-7H2,1H3,(H,19,20). The van der Waals surface area contributed by atoms with E-state index in [0.717, 1.165) is 17.4 Å². The van der Waals surface area contributed by atoms with E-state index in [1.807, 2.05) is 25.1 Å². The number of nitrogens with one attached hydrogen (secondary N) is 1. The average molecular weight is 266 g/mol. The van der Waals surface area contributed by atoms with Gasteiger partial charge < -0.3 is 5.32 Å². The van der Waals surface area contributed by atoms with Crippen LogP contribution in [0, 0.1) is 47.8 Å². The highest BCUT2D eigenvalue weighted by Gasteiger charge is 2.67. The molecule has 3 nitrogen and oxygen atoms in total. The maximum absolute atomic E-state index is 12.5. The van der Waals surface area contributed by atoms with Crippen LogP contribution in [0.15, 0.2) is 18.2 Å². The molecule has 4 rings (SSSR count). The number of aryl methyl sites for hydroxylation is 1. The minimum atomic E-state index is 0.138. The highest BCUT2D eigenvalue weighted by molar-refractivity contribution is 5.96. The van der Waals surface area contributed by atoms with E-state index >= 15 is 0 Å². The van der Waals surface area contributed by atoms with Gasteiger partial charge >= 0.3 is 0 Å². The lowest BCUT2D eigenvalue weighted by atomic mass is 10.0. The van der Waals surface area contributed by atoms with Crippen molar-refractivity contribution in [3.05, 3.63) is 29.3 Å². The fourth-order valence-electron chi connectivity index (χ4n) is 4.81. The number of rotatable bonds is 2. The van der Waals surface area contributed by atoms with Crippen LogP contribution in [0.3, 0.4) is 0 Å². The van der Waals surface area contributed by atoms with E-state index in [4.69, 9.17) is 0 Å². The molecule has 3 aliphatic rings. The third-order valence-corrected chi connectivity index (χ3v) is 5.68. The number of carbonyl (C=O) groups is 1. The summed E-state index contributed by atoms with van der Waals surface area (Å²) in [5, 5.41) is 12.2. The van der Waals surface area contributed by atoms with Gasteiger partial charge in [0.2, 0.25) is 5.91 Å². The Balaban J connectivity index is 1.53. The SMILES string of the molecule is Cc1cccc(NC(=O)C2C3C4CCC(C4)C23)c1C#N. The number of amides is 1. The second kappa shape index (κ2) is 4.09. The molecule has 3 aliphatic carbocycles. The van der Waals surface area contributed by atoms with Crippen LogP contribution in [-0.4, -0.2) is 5.91 Å². The lowest BCUT2D eigenvalue weighted by molar-refractivity contribution is -0.118. The molecule has 1 N–H and O–H groups in total. The van der Waals surface area contributed by atoms with Crippen molar-refractivity contribution in [2.24, 2.45) is 29.6 Å². The summed E-state index contributed by atoms with van der Waals surface area (Å²) in [6, 6.07) is 7.82. The fourth-order valence-corrected chi connectivity index (χ4v) is 4.81. The lowest BCUT2D eigenvalue weighted by Crippen LogP contribution is -2.19. The van der Waals surface area contributed by atoms with Crippen LogP contribution in [0.5, 0.6) is 0 Å². The summed E-state index contributed by atoms with van der Waals surface area (Å²) >= 11 is 0. The summed E-state index contributed by atoms with van der Waals surface area (Å²) in [6.45, 7) is 1.90. The van der Waals surface area contributed by atoms with E-state index in [9.17, 15) is 10.1 Å². The molecule has 3 heteroatoms. The molecular formula is C17H18N2O. The Morgan fingerprint density at radius 1 is 1.30 bits per heavy atom. The molecule has 0 radical (unpaired) electrons. The zero-order valence-corrected chi connectivity index (χ0v) is 11.6. The summed E-state index contributed by atoms with van der Waals surface area (Å²) in [6.07, 6.45) is 4.00. The predicted molar refractivity (Wildman–Crippen MR) is 75.8 cm³/mol. The smallest absolute Gasteiger partial charge is 0.228 e. The molecule has 3 fully saturated rings. The monoisotopic (exact) mass is 266 g/mol. The second-order valence-corrected chi connectivity index (χ2v) is 6.61. The molecular weight excluding hydrogens is 248 g/mol. The van der Waals surface area contributed by atoms with Gasteiger partial charge in [-0.05, 0) is 61.5 Å². The Kier molecular flexibility index (Phi) is 2.44. The highest BCUT2D eigenvalue weighted by atomic mass is 16.2. The van der Waals surface area contributed by atoms with Crippen molar-refractivity contribution in [2.75, 3.05) is 5.32 Å². The van der Waals surface area contributed by atoms with Gasteiger partial charge in [0.1, 0.15) is 6.07 Å². The van der Waals surface area contributed by atoms with Gasteiger partial charge in [-0.25, -0.2) is 0 Å². The van der Waals surface area contributed by atoms with Crippen molar-refractivity contribution in [1.82, 2.24) is 0 Å². The molecule has 1 aromatic rings. The fraction of sp³-hybridized carbons (Fsp3) is 0.529. The number of hydrogen-bond donors (Lipinski definition) is 1. The third kappa shape index (κ3) is 1.54. The Morgan fingerprint density at radius 2 is 2.00 bits per heavy atom. The van der Waals surface area contributed by atoms with Gasteiger partial charge in [-0.3, -0.25) is 4.79 Å². The number of anilines is 1. The van der Waals surface area contributed by atoms with Crippen molar-refractivity contribution in [2.45, 2.75) is 26.2 Å². The maximum atomic E-state index is 12.5. The molecule has 0 saturated heterocycles. The van der Waals surface area contributed by atoms with Crippen LogP contribution in [0.1, 0.15) is 30.4 Å². The molecule has 4 unspecified atom stereocenters. The quantitative estimate of drug-likeness (QED) is 0.894. The maximum Gasteiger partial charge on any atom is 0.228 e. The minimum Gasteiger partial charge on any atom is -0.325 e. The topological polar surface area (TPSA) is 52.9 Å². The number of hydrogen-bond acceptors (Lipinski definition) is 2. The van der Waals surface area contributed by atoms with Crippen molar-refractivity contribution in [3.8, 4) is 6.07 Å². The van der Waals surface area contributed by atoms with Gasteiger partial charge in [0.05, 0.1) is 11.3 Å². The van der Waals surface area contributed by atoms with Crippen molar-refractivity contribution < 1.29 is 4.79 Å². The van der Waals surface area contributed by atoms with E-state index < -0.39 is 0 Å². The molecule has 0 spiro atoms. The minimum absolute atomic E-state index is 0.138. The van der Waals surface area contributed by atoms with Gasteiger partial charge in [-0.1, -0.05) is 12.1 Å². The van der Waals surface area contributed by atoms with E-state index in [1.165, 1.54) is 19.3 Å². The van der Waals surface area contributed by atoms with Crippen LogP contribution in [0.2, 0.25) is 0 Å². The number of benzene rings is 1. The number of nitriles is 1. The van der Waals surface area contributed by atoms with Crippen LogP contribution < -0.4 is 5.32 Å². The molecule has 0 heterocycles. The van der Waals surface area contributed by atoms with E-state index in [-0.39, 0.29) is 11.8 Å².